The summed E-state index contributed by atoms with van der Waals surface area (Å²) in [5, 5.41) is 15.1. The smallest absolute Gasteiger partial charge is 0.292 e. The van der Waals surface area contributed by atoms with Gasteiger partial charge in [0.1, 0.15) is 5.69 Å². The van der Waals surface area contributed by atoms with Crippen LogP contribution in [0, 0.1) is 10.1 Å². The van der Waals surface area contributed by atoms with Crippen molar-refractivity contribution in [1.29, 1.82) is 0 Å². The molecule has 0 spiro atoms. The molecule has 0 unspecified atom stereocenters. The molecular formula is C19H14ClN3O3. The van der Waals surface area contributed by atoms with Crippen LogP contribution in [0.1, 0.15) is 28.0 Å². The Morgan fingerprint density at radius 3 is 2.81 bits per heavy atom. The third kappa shape index (κ3) is 2.78. The molecule has 6 nitrogen and oxygen atoms in total. The Labute approximate surface area is 154 Å². The molecule has 26 heavy (non-hydrogen) atoms. The second kappa shape index (κ2) is 6.38. The van der Waals surface area contributed by atoms with Crippen molar-refractivity contribution >= 4 is 39.8 Å². The summed E-state index contributed by atoms with van der Waals surface area (Å²) in [7, 11) is 0. The molecule has 2 aromatic carbocycles. The zero-order chi connectivity index (χ0) is 18.3. The molecule has 130 valence electrons. The summed E-state index contributed by atoms with van der Waals surface area (Å²) in [6, 6.07) is 11.3. The molecule has 0 saturated carbocycles. The highest BCUT2D eigenvalue weighted by molar-refractivity contribution is 6.31. The van der Waals surface area contributed by atoms with E-state index in [1.165, 1.54) is 12.1 Å². The highest BCUT2D eigenvalue weighted by atomic mass is 35.5. The normalized spacial score (nSPS) is 12.8. The molecular weight excluding hydrogens is 354 g/mol. The van der Waals surface area contributed by atoms with Gasteiger partial charge in [0.05, 0.1) is 16.0 Å². The van der Waals surface area contributed by atoms with Crippen molar-refractivity contribution in [2.45, 2.75) is 19.3 Å². The molecule has 0 saturated heterocycles. The predicted octanol–water partition coefficient (Wildman–Crippen LogP) is 4.54. The molecule has 1 amide bonds. The maximum absolute atomic E-state index is 13.1. The molecule has 3 aromatic rings. The first-order valence-corrected chi connectivity index (χ1v) is 8.58. The number of carbonyl (C=O) groups excluding carboxylic acids is 1. The summed E-state index contributed by atoms with van der Waals surface area (Å²) in [6.45, 7) is 0. The minimum Gasteiger partial charge on any atom is -0.316 e. The Kier molecular flexibility index (Phi) is 4.05. The Bertz CT molecular complexity index is 1070. The van der Waals surface area contributed by atoms with Crippen molar-refractivity contribution in [3.63, 3.8) is 0 Å². The number of anilines is 1. The zero-order valence-corrected chi connectivity index (χ0v) is 14.4. The van der Waals surface area contributed by atoms with E-state index in [1.807, 2.05) is 0 Å². The molecule has 0 atom stereocenters. The van der Waals surface area contributed by atoms with Gasteiger partial charge in [-0.05, 0) is 49.1 Å². The Morgan fingerprint density at radius 2 is 2.00 bits per heavy atom. The van der Waals surface area contributed by atoms with Crippen molar-refractivity contribution < 1.29 is 9.72 Å². The summed E-state index contributed by atoms with van der Waals surface area (Å²) in [5.74, 6) is -0.382. The van der Waals surface area contributed by atoms with E-state index in [9.17, 15) is 14.9 Å². The lowest BCUT2D eigenvalue weighted by molar-refractivity contribution is -0.383. The number of halogens is 1. The highest BCUT2D eigenvalue weighted by Crippen LogP contribution is 2.33. The topological polar surface area (TPSA) is 85.1 Å². The molecule has 1 aliphatic rings. The summed E-state index contributed by atoms with van der Waals surface area (Å²) in [4.78, 5) is 28.4. The fourth-order valence-corrected chi connectivity index (χ4v) is 3.59. The maximum atomic E-state index is 13.1. The predicted molar refractivity (Wildman–Crippen MR) is 99.8 cm³/mol. The SMILES string of the molecule is O=C(Nc1ccccc1[N+](=O)[O-])c1c2c(nc3ccc(Cl)cc13)CCC2. The molecule has 7 heteroatoms. The van der Waals surface area contributed by atoms with Crippen LogP contribution in [0.25, 0.3) is 10.9 Å². The van der Waals surface area contributed by atoms with Crippen molar-refractivity contribution in [2.24, 2.45) is 0 Å². The first kappa shape index (κ1) is 16.5. The van der Waals surface area contributed by atoms with Crippen LogP contribution in [0.4, 0.5) is 11.4 Å². The Morgan fingerprint density at radius 1 is 1.19 bits per heavy atom. The Hall–Kier alpha value is -2.99. The van der Waals surface area contributed by atoms with E-state index < -0.39 is 4.92 Å². The standard InChI is InChI=1S/C19H14ClN3O3/c20-11-8-9-15-13(10-11)18(12-4-3-6-14(12)21-15)19(24)22-16-5-1-2-7-17(16)23(25)26/h1-2,5,7-10H,3-4,6H2,(H,22,24). The number of nitrogens with one attached hydrogen (secondary N) is 1. The third-order valence-corrected chi connectivity index (χ3v) is 4.78. The second-order valence-electron chi connectivity index (χ2n) is 6.16. The molecule has 4 rings (SSSR count). The number of nitro benzene ring substituents is 1. The number of aryl methyl sites for hydroxylation is 1. The van der Waals surface area contributed by atoms with Crippen molar-refractivity contribution in [3.8, 4) is 0 Å². The molecule has 0 aliphatic heterocycles. The summed E-state index contributed by atoms with van der Waals surface area (Å²) < 4.78 is 0. The van der Waals surface area contributed by atoms with Gasteiger partial charge in [0.2, 0.25) is 0 Å². The molecule has 1 N–H and O–H groups in total. The van der Waals surface area contributed by atoms with Crippen molar-refractivity contribution in [2.75, 3.05) is 5.32 Å². The number of benzene rings is 2. The number of pyridine rings is 1. The van der Waals surface area contributed by atoms with E-state index >= 15 is 0 Å². The number of aromatic nitrogens is 1. The minimum absolute atomic E-state index is 0.145. The van der Waals surface area contributed by atoms with Gasteiger partial charge in [-0.2, -0.15) is 0 Å². The summed E-state index contributed by atoms with van der Waals surface area (Å²) in [6.07, 6.45) is 2.50. The van der Waals surface area contributed by atoms with Crippen LogP contribution >= 0.6 is 11.6 Å². The van der Waals surface area contributed by atoms with Gasteiger partial charge in [-0.15, -0.1) is 0 Å². The van der Waals surface area contributed by atoms with E-state index in [0.29, 0.717) is 21.5 Å². The lowest BCUT2D eigenvalue weighted by atomic mass is 10.0. The van der Waals surface area contributed by atoms with Gasteiger partial charge in [-0.25, -0.2) is 0 Å². The zero-order valence-electron chi connectivity index (χ0n) is 13.7. The van der Waals surface area contributed by atoms with Gasteiger partial charge in [0.25, 0.3) is 11.6 Å². The quantitative estimate of drug-likeness (QED) is 0.544. The lowest BCUT2D eigenvalue weighted by Gasteiger charge is -2.13. The van der Waals surface area contributed by atoms with Gasteiger partial charge in [-0.1, -0.05) is 23.7 Å². The second-order valence-corrected chi connectivity index (χ2v) is 6.59. The van der Waals surface area contributed by atoms with Gasteiger partial charge in [0, 0.05) is 22.2 Å². The molecule has 0 bridgehead atoms. The number of rotatable bonds is 3. The average molecular weight is 368 g/mol. The fraction of sp³-hybridized carbons (Fsp3) is 0.158. The monoisotopic (exact) mass is 367 g/mol. The van der Waals surface area contributed by atoms with E-state index in [1.54, 1.807) is 30.3 Å². The number of para-hydroxylation sites is 2. The molecule has 1 aromatic heterocycles. The number of nitro groups is 1. The molecule has 1 aliphatic carbocycles. The Balaban J connectivity index is 1.85. The summed E-state index contributed by atoms with van der Waals surface area (Å²) in [5.41, 5.74) is 3.03. The maximum Gasteiger partial charge on any atom is 0.292 e. The molecule has 0 fully saturated rings. The van der Waals surface area contributed by atoms with E-state index in [2.05, 4.69) is 10.3 Å². The van der Waals surface area contributed by atoms with Crippen LogP contribution in [-0.2, 0) is 12.8 Å². The number of fused-ring (bicyclic) bond motifs is 2. The van der Waals surface area contributed by atoms with Crippen molar-refractivity contribution in [3.05, 3.63) is 74.4 Å². The van der Waals surface area contributed by atoms with E-state index in [4.69, 9.17) is 11.6 Å². The number of carbonyl (C=O) groups is 1. The van der Waals surface area contributed by atoms with E-state index in [-0.39, 0.29) is 17.3 Å². The van der Waals surface area contributed by atoms with Crippen LogP contribution < -0.4 is 5.32 Å². The van der Waals surface area contributed by atoms with Gasteiger partial charge >= 0.3 is 0 Å². The molecule has 0 radical (unpaired) electrons. The van der Waals surface area contributed by atoms with Gasteiger partial charge in [0.15, 0.2) is 0 Å². The van der Waals surface area contributed by atoms with Gasteiger partial charge in [-0.3, -0.25) is 19.9 Å². The lowest BCUT2D eigenvalue weighted by Crippen LogP contribution is -2.16. The third-order valence-electron chi connectivity index (χ3n) is 4.55. The number of amides is 1. The first-order valence-electron chi connectivity index (χ1n) is 8.20. The largest absolute Gasteiger partial charge is 0.316 e. The highest BCUT2D eigenvalue weighted by Gasteiger charge is 2.25. The van der Waals surface area contributed by atoms with Gasteiger partial charge < -0.3 is 5.32 Å². The van der Waals surface area contributed by atoms with Crippen LogP contribution in [-0.4, -0.2) is 15.8 Å². The van der Waals surface area contributed by atoms with Crippen LogP contribution in [0.15, 0.2) is 42.5 Å². The minimum atomic E-state index is -0.512. The number of nitrogens with zero attached hydrogens (tertiary/aromatic N) is 2. The van der Waals surface area contributed by atoms with Crippen LogP contribution in [0.2, 0.25) is 5.02 Å². The fourth-order valence-electron chi connectivity index (χ4n) is 3.42. The van der Waals surface area contributed by atoms with E-state index in [0.717, 1.165) is 30.5 Å². The average Bonchev–Trinajstić information content (AvgIpc) is 3.07. The molecule has 1 heterocycles. The number of hydrogen-bond donors (Lipinski definition) is 1. The first-order chi connectivity index (χ1) is 12.5. The van der Waals surface area contributed by atoms with Crippen LogP contribution in [0.3, 0.4) is 0 Å². The summed E-state index contributed by atoms with van der Waals surface area (Å²) >= 11 is 6.12. The van der Waals surface area contributed by atoms with Crippen LogP contribution in [0.5, 0.6) is 0 Å². The number of hydrogen-bond acceptors (Lipinski definition) is 4. The van der Waals surface area contributed by atoms with Crippen molar-refractivity contribution in [1.82, 2.24) is 4.98 Å².